The van der Waals surface area contributed by atoms with Crippen LogP contribution in [0.5, 0.6) is 11.5 Å². The molecule has 3 N–H and O–H groups in total. The Balaban J connectivity index is 0. The molecule has 1 aromatic rings. The van der Waals surface area contributed by atoms with Crippen LogP contribution in [0.3, 0.4) is 0 Å². The Hall–Kier alpha value is -0.240. The molecular weight excluding hydrogens is 419 g/mol. The van der Waals surface area contributed by atoms with Crippen molar-refractivity contribution in [2.24, 2.45) is 0 Å². The number of aliphatic hydroxyl groups is 1. The average molecular weight is 448 g/mol. The third kappa shape index (κ3) is 9.91. The lowest BCUT2D eigenvalue weighted by molar-refractivity contribution is 0.191. The van der Waals surface area contributed by atoms with E-state index in [0.29, 0.717) is 19.8 Å². The first-order valence-electron chi connectivity index (χ1n) is 7.76. The van der Waals surface area contributed by atoms with Crippen LogP contribution in [0.1, 0.15) is 26.3 Å². The van der Waals surface area contributed by atoms with Gasteiger partial charge in [-0.2, -0.15) is 0 Å². The van der Waals surface area contributed by atoms with Gasteiger partial charge in [0.05, 0.1) is 23.8 Å². The standard InChI is InChI=1S/C16H27BrN2O3.2ClH/c1-4-21-15-9-13(8-14(17)16(15)22-5-2)11-19-7-6-18-10-12(3)20;;/h8-9,12,18-20H,4-7,10-11H2,1-3H3;2*1H. The van der Waals surface area contributed by atoms with Crippen LogP contribution in [0.15, 0.2) is 16.6 Å². The molecule has 0 spiro atoms. The summed E-state index contributed by atoms with van der Waals surface area (Å²) >= 11 is 3.55. The summed E-state index contributed by atoms with van der Waals surface area (Å²) in [7, 11) is 0. The van der Waals surface area contributed by atoms with Crippen molar-refractivity contribution in [2.75, 3.05) is 32.8 Å². The summed E-state index contributed by atoms with van der Waals surface area (Å²) in [5.41, 5.74) is 1.13. The van der Waals surface area contributed by atoms with Crippen molar-refractivity contribution in [3.8, 4) is 11.5 Å². The molecule has 0 aliphatic carbocycles. The molecular formula is C16H29BrCl2N2O3. The number of hydrogen-bond acceptors (Lipinski definition) is 5. The van der Waals surface area contributed by atoms with Crippen LogP contribution in [-0.2, 0) is 6.54 Å². The number of halogens is 3. The maximum atomic E-state index is 9.15. The van der Waals surface area contributed by atoms with E-state index < -0.39 is 0 Å². The molecule has 5 nitrogen and oxygen atoms in total. The van der Waals surface area contributed by atoms with Crippen molar-refractivity contribution in [3.05, 3.63) is 22.2 Å². The minimum absolute atomic E-state index is 0. The molecule has 1 unspecified atom stereocenters. The summed E-state index contributed by atoms with van der Waals surface area (Å²) in [6, 6.07) is 4.05. The lowest BCUT2D eigenvalue weighted by Gasteiger charge is -2.15. The molecule has 0 radical (unpaired) electrons. The van der Waals surface area contributed by atoms with Crippen molar-refractivity contribution < 1.29 is 14.6 Å². The number of benzene rings is 1. The van der Waals surface area contributed by atoms with Gasteiger partial charge in [-0.05, 0) is 54.4 Å². The fraction of sp³-hybridized carbons (Fsp3) is 0.625. The molecule has 0 aromatic heterocycles. The molecule has 0 amide bonds. The lowest BCUT2D eigenvalue weighted by Crippen LogP contribution is -2.31. The quantitative estimate of drug-likeness (QED) is 0.455. The van der Waals surface area contributed by atoms with Gasteiger partial charge in [0.1, 0.15) is 0 Å². The SMILES string of the molecule is CCOc1cc(CNCCNCC(C)O)cc(Br)c1OCC.Cl.Cl. The molecule has 0 fully saturated rings. The number of hydrogen-bond donors (Lipinski definition) is 3. The van der Waals surface area contributed by atoms with Gasteiger partial charge in [-0.3, -0.25) is 0 Å². The zero-order chi connectivity index (χ0) is 16.4. The summed E-state index contributed by atoms with van der Waals surface area (Å²) in [5, 5.41) is 15.7. The largest absolute Gasteiger partial charge is 0.490 e. The molecule has 0 saturated heterocycles. The zero-order valence-corrected chi connectivity index (χ0v) is 17.7. The van der Waals surface area contributed by atoms with E-state index in [0.717, 1.165) is 41.2 Å². The molecule has 1 aromatic carbocycles. The Morgan fingerprint density at radius 3 is 2.29 bits per heavy atom. The van der Waals surface area contributed by atoms with E-state index in [4.69, 9.17) is 14.6 Å². The van der Waals surface area contributed by atoms with Crippen molar-refractivity contribution in [1.82, 2.24) is 10.6 Å². The Kier molecular flexibility index (Phi) is 16.3. The van der Waals surface area contributed by atoms with E-state index in [1.54, 1.807) is 6.92 Å². The van der Waals surface area contributed by atoms with E-state index in [-0.39, 0.29) is 30.9 Å². The van der Waals surface area contributed by atoms with Gasteiger partial charge in [0.2, 0.25) is 0 Å². The predicted octanol–water partition coefficient (Wildman–Crippen LogP) is 3.15. The van der Waals surface area contributed by atoms with Crippen molar-refractivity contribution in [1.29, 1.82) is 0 Å². The van der Waals surface area contributed by atoms with Gasteiger partial charge in [0, 0.05) is 26.2 Å². The first-order valence-corrected chi connectivity index (χ1v) is 8.55. The molecule has 1 rings (SSSR count). The van der Waals surface area contributed by atoms with Crippen LogP contribution in [0.4, 0.5) is 0 Å². The second kappa shape index (κ2) is 15.0. The summed E-state index contributed by atoms with van der Waals surface area (Å²) in [4.78, 5) is 0. The van der Waals surface area contributed by atoms with E-state index in [1.165, 1.54) is 0 Å². The number of aliphatic hydroxyl groups excluding tert-OH is 1. The fourth-order valence-corrected chi connectivity index (χ4v) is 2.60. The Labute approximate surface area is 165 Å². The first kappa shape index (κ1) is 26.0. The Morgan fingerprint density at radius 1 is 1.08 bits per heavy atom. The second-order valence-electron chi connectivity index (χ2n) is 5.00. The topological polar surface area (TPSA) is 62.8 Å². The van der Waals surface area contributed by atoms with Gasteiger partial charge in [-0.1, -0.05) is 0 Å². The highest BCUT2D eigenvalue weighted by Crippen LogP contribution is 2.36. The lowest BCUT2D eigenvalue weighted by atomic mass is 10.2. The summed E-state index contributed by atoms with van der Waals surface area (Å²) in [6.07, 6.45) is -0.309. The van der Waals surface area contributed by atoms with Crippen LogP contribution in [0.25, 0.3) is 0 Å². The molecule has 0 aliphatic rings. The summed E-state index contributed by atoms with van der Waals surface area (Å²) in [5.74, 6) is 1.52. The van der Waals surface area contributed by atoms with Gasteiger partial charge in [-0.15, -0.1) is 24.8 Å². The van der Waals surface area contributed by atoms with Gasteiger partial charge >= 0.3 is 0 Å². The van der Waals surface area contributed by atoms with Gasteiger partial charge < -0.3 is 25.2 Å². The monoisotopic (exact) mass is 446 g/mol. The molecule has 24 heavy (non-hydrogen) atoms. The van der Waals surface area contributed by atoms with Crippen molar-refractivity contribution in [3.63, 3.8) is 0 Å². The van der Waals surface area contributed by atoms with Crippen LogP contribution in [0, 0.1) is 0 Å². The molecule has 0 aliphatic heterocycles. The van der Waals surface area contributed by atoms with Gasteiger partial charge in [0.15, 0.2) is 11.5 Å². The minimum Gasteiger partial charge on any atom is -0.490 e. The maximum absolute atomic E-state index is 9.15. The Bertz CT molecular complexity index is 452. The molecule has 0 saturated carbocycles. The van der Waals surface area contributed by atoms with Crippen LogP contribution in [-0.4, -0.2) is 44.1 Å². The molecule has 8 heteroatoms. The summed E-state index contributed by atoms with van der Waals surface area (Å²) in [6.45, 7) is 9.92. The fourth-order valence-electron chi connectivity index (χ4n) is 1.99. The molecule has 0 bridgehead atoms. The van der Waals surface area contributed by atoms with Gasteiger partial charge in [-0.25, -0.2) is 0 Å². The number of rotatable bonds is 11. The second-order valence-corrected chi connectivity index (χ2v) is 5.86. The third-order valence-corrected chi connectivity index (χ3v) is 3.49. The summed E-state index contributed by atoms with van der Waals surface area (Å²) < 4.78 is 12.2. The Morgan fingerprint density at radius 2 is 1.71 bits per heavy atom. The van der Waals surface area contributed by atoms with E-state index in [2.05, 4.69) is 26.6 Å². The van der Waals surface area contributed by atoms with Crippen LogP contribution < -0.4 is 20.1 Å². The van der Waals surface area contributed by atoms with Crippen LogP contribution >= 0.6 is 40.7 Å². The van der Waals surface area contributed by atoms with Gasteiger partial charge in [0.25, 0.3) is 0 Å². The highest BCUT2D eigenvalue weighted by atomic mass is 79.9. The van der Waals surface area contributed by atoms with Crippen molar-refractivity contribution in [2.45, 2.75) is 33.4 Å². The highest BCUT2D eigenvalue weighted by Gasteiger charge is 2.11. The number of nitrogens with one attached hydrogen (secondary N) is 2. The van der Waals surface area contributed by atoms with E-state index in [1.807, 2.05) is 26.0 Å². The molecule has 142 valence electrons. The van der Waals surface area contributed by atoms with E-state index >= 15 is 0 Å². The van der Waals surface area contributed by atoms with Crippen LogP contribution in [0.2, 0.25) is 0 Å². The van der Waals surface area contributed by atoms with E-state index in [9.17, 15) is 0 Å². The minimum atomic E-state index is -0.309. The smallest absolute Gasteiger partial charge is 0.175 e. The third-order valence-electron chi connectivity index (χ3n) is 2.91. The number of ether oxygens (including phenoxy) is 2. The molecule has 0 heterocycles. The first-order chi connectivity index (χ1) is 10.6. The average Bonchev–Trinajstić information content (AvgIpc) is 2.46. The van der Waals surface area contributed by atoms with Crippen molar-refractivity contribution >= 4 is 40.7 Å². The zero-order valence-electron chi connectivity index (χ0n) is 14.4. The molecule has 1 atom stereocenters. The normalized spacial score (nSPS) is 11.2. The maximum Gasteiger partial charge on any atom is 0.175 e. The highest BCUT2D eigenvalue weighted by molar-refractivity contribution is 9.10. The predicted molar refractivity (Wildman–Crippen MR) is 107 cm³/mol.